The van der Waals surface area contributed by atoms with Gasteiger partial charge in [0.05, 0.1) is 6.54 Å². The number of nitrogens with zero attached hydrogens (tertiary/aromatic N) is 1. The monoisotopic (exact) mass is 221 g/mol. The summed E-state index contributed by atoms with van der Waals surface area (Å²) in [5.74, 6) is -0.596. The molecule has 1 amide bonds. The lowest BCUT2D eigenvalue weighted by atomic mass is 10.4. The summed E-state index contributed by atoms with van der Waals surface area (Å²) < 4.78 is 23.5. The Bertz CT molecular complexity index is 316. The van der Waals surface area contributed by atoms with Crippen molar-refractivity contribution >= 4 is 17.2 Å². The Morgan fingerprint density at radius 2 is 2.43 bits per heavy atom. The van der Waals surface area contributed by atoms with Gasteiger partial charge >= 0.3 is 0 Å². The number of nitrogens with one attached hydrogen (secondary N) is 1. The molecule has 0 atom stereocenters. The zero-order chi connectivity index (χ0) is 10.6. The molecule has 0 aliphatic rings. The third-order valence-electron chi connectivity index (χ3n) is 1.38. The van der Waals surface area contributed by atoms with E-state index < -0.39 is 18.9 Å². The van der Waals surface area contributed by atoms with Gasteiger partial charge in [-0.25, -0.2) is 13.8 Å². The van der Waals surface area contributed by atoms with E-state index in [1.54, 1.807) is 0 Å². The van der Waals surface area contributed by atoms with E-state index in [9.17, 15) is 13.6 Å². The average molecular weight is 221 g/mol. The van der Waals surface area contributed by atoms with Gasteiger partial charge in [0, 0.05) is 11.9 Å². The zero-order valence-corrected chi connectivity index (χ0v) is 7.98. The van der Waals surface area contributed by atoms with Crippen LogP contribution >= 0.6 is 11.3 Å². The fourth-order valence-corrected chi connectivity index (χ4v) is 1.42. The third kappa shape index (κ3) is 3.00. The van der Waals surface area contributed by atoms with Gasteiger partial charge in [0.25, 0.3) is 12.3 Å². The van der Waals surface area contributed by atoms with Crippen molar-refractivity contribution in [1.29, 1.82) is 0 Å². The van der Waals surface area contributed by atoms with E-state index in [-0.39, 0.29) is 12.2 Å². The molecule has 1 aromatic heterocycles. The molecule has 0 aromatic carbocycles. The highest BCUT2D eigenvalue weighted by Crippen LogP contribution is 2.08. The van der Waals surface area contributed by atoms with Gasteiger partial charge in [0.15, 0.2) is 0 Å². The smallest absolute Gasteiger partial charge is 0.270 e. The van der Waals surface area contributed by atoms with Crippen molar-refractivity contribution in [2.75, 3.05) is 6.54 Å². The molecule has 0 bridgehead atoms. The van der Waals surface area contributed by atoms with E-state index in [0.29, 0.717) is 5.01 Å². The Labute approximate surface area is 83.1 Å². The van der Waals surface area contributed by atoms with E-state index in [1.165, 1.54) is 16.7 Å². The standard InChI is InChI=1S/C7H9F2N3OS/c8-5(9)2-11-7(13)4-3-14-6(1-10)12-4/h3,5H,1-2,10H2,(H,11,13). The molecular formula is C7H9F2N3OS. The summed E-state index contributed by atoms with van der Waals surface area (Å²) in [6.07, 6.45) is -2.55. The molecule has 1 rings (SSSR count). The molecule has 0 aliphatic carbocycles. The van der Waals surface area contributed by atoms with Gasteiger partial charge < -0.3 is 11.1 Å². The lowest BCUT2D eigenvalue weighted by Crippen LogP contribution is -2.28. The number of thiazole rings is 1. The fraction of sp³-hybridized carbons (Fsp3) is 0.429. The van der Waals surface area contributed by atoms with Crippen molar-refractivity contribution in [3.05, 3.63) is 16.1 Å². The second-order valence-corrected chi connectivity index (χ2v) is 3.37. The number of aromatic nitrogens is 1. The molecular weight excluding hydrogens is 212 g/mol. The Hall–Kier alpha value is -1.08. The molecule has 4 nitrogen and oxygen atoms in total. The highest BCUT2D eigenvalue weighted by Gasteiger charge is 2.11. The second kappa shape index (κ2) is 4.97. The fourth-order valence-electron chi connectivity index (χ4n) is 0.769. The van der Waals surface area contributed by atoms with Crippen molar-refractivity contribution in [1.82, 2.24) is 10.3 Å². The molecule has 0 radical (unpaired) electrons. The van der Waals surface area contributed by atoms with E-state index in [4.69, 9.17) is 5.73 Å². The van der Waals surface area contributed by atoms with Crippen LogP contribution in [0.1, 0.15) is 15.5 Å². The van der Waals surface area contributed by atoms with Crippen molar-refractivity contribution < 1.29 is 13.6 Å². The molecule has 0 fully saturated rings. The number of rotatable bonds is 4. The zero-order valence-electron chi connectivity index (χ0n) is 7.17. The number of amides is 1. The minimum absolute atomic E-state index is 0.135. The maximum absolute atomic E-state index is 11.7. The van der Waals surface area contributed by atoms with Crippen LogP contribution in [0.4, 0.5) is 8.78 Å². The molecule has 7 heteroatoms. The summed E-state index contributed by atoms with van der Waals surface area (Å²) in [5, 5.41) is 4.14. The maximum atomic E-state index is 11.7. The van der Waals surface area contributed by atoms with Crippen LogP contribution in [0.3, 0.4) is 0 Å². The first-order valence-corrected chi connectivity index (χ1v) is 4.72. The van der Waals surface area contributed by atoms with Crippen LogP contribution in [0.25, 0.3) is 0 Å². The van der Waals surface area contributed by atoms with Crippen LogP contribution in [0.15, 0.2) is 5.38 Å². The highest BCUT2D eigenvalue weighted by atomic mass is 32.1. The first-order valence-electron chi connectivity index (χ1n) is 3.84. The molecule has 14 heavy (non-hydrogen) atoms. The van der Waals surface area contributed by atoms with Crippen molar-refractivity contribution in [2.45, 2.75) is 13.0 Å². The molecule has 0 saturated carbocycles. The Morgan fingerprint density at radius 1 is 1.71 bits per heavy atom. The van der Waals surface area contributed by atoms with E-state index in [0.717, 1.165) is 0 Å². The average Bonchev–Trinajstić information content (AvgIpc) is 2.62. The number of nitrogens with two attached hydrogens (primary N) is 1. The number of carbonyl (C=O) groups excluding carboxylic acids is 1. The van der Waals surface area contributed by atoms with Crippen LogP contribution < -0.4 is 11.1 Å². The molecule has 0 unspecified atom stereocenters. The number of hydrogen-bond donors (Lipinski definition) is 2. The van der Waals surface area contributed by atoms with Crippen LogP contribution in [0, 0.1) is 0 Å². The Morgan fingerprint density at radius 3 is 2.93 bits per heavy atom. The lowest BCUT2D eigenvalue weighted by molar-refractivity contribution is 0.0887. The summed E-state index contributed by atoms with van der Waals surface area (Å²) in [6.45, 7) is -0.416. The van der Waals surface area contributed by atoms with Crippen LogP contribution in [-0.4, -0.2) is 23.9 Å². The minimum atomic E-state index is -2.55. The van der Waals surface area contributed by atoms with Gasteiger partial charge in [-0.1, -0.05) is 0 Å². The molecule has 1 aromatic rings. The lowest BCUT2D eigenvalue weighted by Gasteiger charge is -2.00. The Balaban J connectivity index is 2.52. The maximum Gasteiger partial charge on any atom is 0.270 e. The van der Waals surface area contributed by atoms with E-state index in [1.807, 2.05) is 0 Å². The molecule has 0 saturated heterocycles. The molecule has 1 heterocycles. The number of hydrogen-bond acceptors (Lipinski definition) is 4. The second-order valence-electron chi connectivity index (χ2n) is 2.43. The molecule has 0 aliphatic heterocycles. The Kier molecular flexibility index (Phi) is 3.90. The minimum Gasteiger partial charge on any atom is -0.345 e. The molecule has 3 N–H and O–H groups in total. The number of halogens is 2. The van der Waals surface area contributed by atoms with E-state index >= 15 is 0 Å². The SMILES string of the molecule is NCc1nc(C(=O)NCC(F)F)cs1. The quantitative estimate of drug-likeness (QED) is 0.782. The van der Waals surface area contributed by atoms with Crippen molar-refractivity contribution in [3.8, 4) is 0 Å². The largest absolute Gasteiger partial charge is 0.345 e. The van der Waals surface area contributed by atoms with Gasteiger partial charge in [-0.3, -0.25) is 4.79 Å². The predicted molar refractivity (Wildman–Crippen MR) is 48.3 cm³/mol. The summed E-state index contributed by atoms with van der Waals surface area (Å²) >= 11 is 1.23. The normalized spacial score (nSPS) is 10.6. The highest BCUT2D eigenvalue weighted by molar-refractivity contribution is 7.09. The van der Waals surface area contributed by atoms with Crippen LogP contribution in [-0.2, 0) is 6.54 Å². The topological polar surface area (TPSA) is 68.0 Å². The summed E-state index contributed by atoms with van der Waals surface area (Å²) in [7, 11) is 0. The number of carbonyl (C=O) groups is 1. The van der Waals surface area contributed by atoms with Crippen LogP contribution in [0.5, 0.6) is 0 Å². The summed E-state index contributed by atoms with van der Waals surface area (Å²) in [5.41, 5.74) is 5.42. The first-order chi connectivity index (χ1) is 6.63. The van der Waals surface area contributed by atoms with Crippen LogP contribution in [0.2, 0.25) is 0 Å². The first kappa shape index (κ1) is 11.0. The third-order valence-corrected chi connectivity index (χ3v) is 2.25. The van der Waals surface area contributed by atoms with Crippen molar-refractivity contribution in [3.63, 3.8) is 0 Å². The van der Waals surface area contributed by atoms with Gasteiger partial charge in [0.2, 0.25) is 0 Å². The van der Waals surface area contributed by atoms with Gasteiger partial charge in [-0.15, -0.1) is 11.3 Å². The molecule has 0 spiro atoms. The van der Waals surface area contributed by atoms with Gasteiger partial charge in [0.1, 0.15) is 10.7 Å². The van der Waals surface area contributed by atoms with Crippen molar-refractivity contribution in [2.24, 2.45) is 5.73 Å². The molecule has 78 valence electrons. The number of alkyl halides is 2. The summed E-state index contributed by atoms with van der Waals surface area (Å²) in [4.78, 5) is 15.0. The van der Waals surface area contributed by atoms with E-state index in [2.05, 4.69) is 10.3 Å². The summed E-state index contributed by atoms with van der Waals surface area (Å²) in [6, 6.07) is 0. The predicted octanol–water partition coefficient (Wildman–Crippen LogP) is 0.597. The van der Waals surface area contributed by atoms with Gasteiger partial charge in [-0.2, -0.15) is 0 Å². The van der Waals surface area contributed by atoms with Gasteiger partial charge in [-0.05, 0) is 0 Å².